The standard InChI is InChI=1S/C19H21FINO2/c1-4-13-10-15(20)18(9-12(13)3)24-11-14-16(21)7-6-8-17(14)22-19(23)5-2/h6-10H,4-5,11H2,1-3H3,(H,22,23). The van der Waals surface area contributed by atoms with Crippen molar-refractivity contribution in [2.75, 3.05) is 5.32 Å². The van der Waals surface area contributed by atoms with Gasteiger partial charge in [0.05, 0.1) is 0 Å². The predicted octanol–water partition coefficient (Wildman–Crippen LogP) is 5.23. The SMILES string of the molecule is CCC(=O)Nc1cccc(I)c1COc1cc(C)c(CC)cc1F. The molecule has 0 spiro atoms. The number of amides is 1. The van der Waals surface area contributed by atoms with Crippen LogP contribution < -0.4 is 10.1 Å². The average Bonchev–Trinajstić information content (AvgIpc) is 2.56. The molecule has 128 valence electrons. The van der Waals surface area contributed by atoms with Crippen molar-refractivity contribution in [2.24, 2.45) is 0 Å². The van der Waals surface area contributed by atoms with Crippen LogP contribution in [0.25, 0.3) is 0 Å². The van der Waals surface area contributed by atoms with Gasteiger partial charge in [-0.15, -0.1) is 0 Å². The van der Waals surface area contributed by atoms with Crippen molar-refractivity contribution >= 4 is 34.2 Å². The summed E-state index contributed by atoms with van der Waals surface area (Å²) >= 11 is 2.19. The molecule has 2 rings (SSSR count). The van der Waals surface area contributed by atoms with Gasteiger partial charge in [-0.2, -0.15) is 0 Å². The van der Waals surface area contributed by atoms with Gasteiger partial charge >= 0.3 is 0 Å². The van der Waals surface area contributed by atoms with Gasteiger partial charge in [0.25, 0.3) is 0 Å². The summed E-state index contributed by atoms with van der Waals surface area (Å²) in [6.45, 7) is 5.94. The van der Waals surface area contributed by atoms with Gasteiger partial charge in [0.2, 0.25) is 5.91 Å². The topological polar surface area (TPSA) is 38.3 Å². The Morgan fingerprint density at radius 2 is 2.04 bits per heavy atom. The lowest BCUT2D eigenvalue weighted by atomic mass is 10.1. The molecule has 0 heterocycles. The molecule has 0 aromatic heterocycles. The molecule has 0 radical (unpaired) electrons. The number of hydrogen-bond acceptors (Lipinski definition) is 2. The van der Waals surface area contributed by atoms with Crippen molar-refractivity contribution in [3.05, 3.63) is 56.4 Å². The van der Waals surface area contributed by atoms with Crippen LogP contribution in [0.2, 0.25) is 0 Å². The van der Waals surface area contributed by atoms with E-state index in [1.807, 2.05) is 32.0 Å². The van der Waals surface area contributed by atoms with Crippen LogP contribution in [-0.4, -0.2) is 5.91 Å². The van der Waals surface area contributed by atoms with E-state index >= 15 is 0 Å². The molecule has 0 aliphatic heterocycles. The fourth-order valence-corrected chi connectivity index (χ4v) is 3.05. The average molecular weight is 441 g/mol. The van der Waals surface area contributed by atoms with Crippen LogP contribution in [0, 0.1) is 16.3 Å². The van der Waals surface area contributed by atoms with Gasteiger partial charge in [-0.25, -0.2) is 4.39 Å². The normalized spacial score (nSPS) is 10.5. The molecule has 1 N–H and O–H groups in total. The van der Waals surface area contributed by atoms with E-state index in [4.69, 9.17) is 4.74 Å². The van der Waals surface area contributed by atoms with Gasteiger partial charge in [0, 0.05) is 21.2 Å². The molecule has 3 nitrogen and oxygen atoms in total. The fraction of sp³-hybridized carbons (Fsp3) is 0.316. The first kappa shape index (κ1) is 18.7. The number of nitrogens with one attached hydrogen (secondary N) is 1. The number of halogens is 2. The van der Waals surface area contributed by atoms with Crippen molar-refractivity contribution in [3.8, 4) is 5.75 Å². The van der Waals surface area contributed by atoms with Crippen LogP contribution in [0.5, 0.6) is 5.75 Å². The molecule has 0 aliphatic rings. The van der Waals surface area contributed by atoms with Crippen molar-refractivity contribution in [2.45, 2.75) is 40.2 Å². The lowest BCUT2D eigenvalue weighted by molar-refractivity contribution is -0.115. The van der Waals surface area contributed by atoms with Crippen LogP contribution in [0.1, 0.15) is 37.0 Å². The molecule has 2 aromatic carbocycles. The second-order valence-corrected chi connectivity index (χ2v) is 6.68. The van der Waals surface area contributed by atoms with Crippen LogP contribution in [0.15, 0.2) is 30.3 Å². The Labute approximate surface area is 155 Å². The number of benzene rings is 2. The number of rotatable bonds is 6. The van der Waals surface area contributed by atoms with Crippen molar-refractivity contribution in [1.29, 1.82) is 0 Å². The number of ether oxygens (including phenoxy) is 1. The molecule has 0 aliphatic carbocycles. The molecule has 0 fully saturated rings. The van der Waals surface area contributed by atoms with Gasteiger partial charge in [-0.1, -0.05) is 19.9 Å². The Morgan fingerprint density at radius 3 is 2.71 bits per heavy atom. The maximum absolute atomic E-state index is 14.2. The number of anilines is 1. The molecule has 0 saturated heterocycles. The van der Waals surface area contributed by atoms with Crippen LogP contribution in [0.3, 0.4) is 0 Å². The lowest BCUT2D eigenvalue weighted by Gasteiger charge is -2.15. The molecule has 2 aromatic rings. The van der Waals surface area contributed by atoms with Crippen molar-refractivity contribution < 1.29 is 13.9 Å². The van der Waals surface area contributed by atoms with Gasteiger partial charge in [0.1, 0.15) is 6.61 Å². The minimum absolute atomic E-state index is 0.0624. The summed E-state index contributed by atoms with van der Waals surface area (Å²) in [6, 6.07) is 8.89. The molecule has 0 saturated carbocycles. The smallest absolute Gasteiger partial charge is 0.224 e. The Morgan fingerprint density at radius 1 is 1.29 bits per heavy atom. The molecule has 0 unspecified atom stereocenters. The first-order valence-electron chi connectivity index (χ1n) is 7.95. The zero-order valence-electron chi connectivity index (χ0n) is 14.1. The fourth-order valence-electron chi connectivity index (χ4n) is 2.40. The summed E-state index contributed by atoms with van der Waals surface area (Å²) in [5.41, 5.74) is 3.54. The Hall–Kier alpha value is -1.63. The summed E-state index contributed by atoms with van der Waals surface area (Å²) in [5, 5.41) is 2.86. The summed E-state index contributed by atoms with van der Waals surface area (Å²) in [4.78, 5) is 11.7. The zero-order chi connectivity index (χ0) is 17.7. The van der Waals surface area contributed by atoms with Crippen LogP contribution in [-0.2, 0) is 17.8 Å². The van der Waals surface area contributed by atoms with E-state index in [1.54, 1.807) is 13.0 Å². The molecular formula is C19H21FINO2. The van der Waals surface area contributed by atoms with Gasteiger partial charge in [-0.05, 0) is 71.3 Å². The molecule has 1 amide bonds. The number of carbonyl (C=O) groups is 1. The monoisotopic (exact) mass is 441 g/mol. The molecule has 24 heavy (non-hydrogen) atoms. The first-order valence-corrected chi connectivity index (χ1v) is 9.03. The van der Waals surface area contributed by atoms with E-state index in [2.05, 4.69) is 27.9 Å². The summed E-state index contributed by atoms with van der Waals surface area (Å²) in [5.74, 6) is -0.188. The van der Waals surface area contributed by atoms with E-state index in [0.717, 1.165) is 26.7 Å². The third-order valence-electron chi connectivity index (χ3n) is 3.86. The third-order valence-corrected chi connectivity index (χ3v) is 4.87. The maximum Gasteiger partial charge on any atom is 0.224 e. The van der Waals surface area contributed by atoms with Gasteiger partial charge in [-0.3, -0.25) is 4.79 Å². The molecule has 5 heteroatoms. The highest BCUT2D eigenvalue weighted by Crippen LogP contribution is 2.27. The van der Waals surface area contributed by atoms with Crippen LogP contribution in [0.4, 0.5) is 10.1 Å². The van der Waals surface area contributed by atoms with E-state index in [9.17, 15) is 9.18 Å². The zero-order valence-corrected chi connectivity index (χ0v) is 16.2. The number of hydrogen-bond donors (Lipinski definition) is 1. The lowest BCUT2D eigenvalue weighted by Crippen LogP contribution is -2.13. The highest BCUT2D eigenvalue weighted by molar-refractivity contribution is 14.1. The predicted molar refractivity (Wildman–Crippen MR) is 103 cm³/mol. The molecular weight excluding hydrogens is 420 g/mol. The number of aryl methyl sites for hydroxylation is 2. The maximum atomic E-state index is 14.2. The summed E-state index contributed by atoms with van der Waals surface area (Å²) in [6.07, 6.45) is 1.19. The highest BCUT2D eigenvalue weighted by atomic mass is 127. The number of carbonyl (C=O) groups excluding carboxylic acids is 1. The van der Waals surface area contributed by atoms with E-state index < -0.39 is 0 Å². The Bertz CT molecular complexity index is 746. The Kier molecular flexibility index (Phi) is 6.60. The van der Waals surface area contributed by atoms with Crippen molar-refractivity contribution in [3.63, 3.8) is 0 Å². The van der Waals surface area contributed by atoms with Gasteiger partial charge in [0.15, 0.2) is 11.6 Å². The summed E-state index contributed by atoms with van der Waals surface area (Å²) < 4.78 is 20.9. The Balaban J connectivity index is 2.23. The molecule has 0 bridgehead atoms. The summed E-state index contributed by atoms with van der Waals surface area (Å²) in [7, 11) is 0. The second-order valence-electron chi connectivity index (χ2n) is 5.52. The largest absolute Gasteiger partial charge is 0.486 e. The minimum Gasteiger partial charge on any atom is -0.486 e. The third kappa shape index (κ3) is 4.47. The van der Waals surface area contributed by atoms with E-state index in [1.165, 1.54) is 6.07 Å². The van der Waals surface area contributed by atoms with E-state index in [0.29, 0.717) is 12.1 Å². The van der Waals surface area contributed by atoms with Crippen molar-refractivity contribution in [1.82, 2.24) is 0 Å². The quantitative estimate of drug-likeness (QED) is 0.624. The molecule has 0 atom stereocenters. The van der Waals surface area contributed by atoms with E-state index in [-0.39, 0.29) is 24.1 Å². The first-order chi connectivity index (χ1) is 11.5. The van der Waals surface area contributed by atoms with Crippen LogP contribution >= 0.6 is 22.6 Å². The second kappa shape index (κ2) is 8.46. The minimum atomic E-state index is -0.359. The highest BCUT2D eigenvalue weighted by Gasteiger charge is 2.12. The van der Waals surface area contributed by atoms with Gasteiger partial charge < -0.3 is 10.1 Å².